The molecule has 0 aliphatic rings. The van der Waals surface area contributed by atoms with Crippen LogP contribution in [0.5, 0.6) is 0 Å². The van der Waals surface area contributed by atoms with E-state index >= 15 is 0 Å². The van der Waals surface area contributed by atoms with Gasteiger partial charge in [-0.25, -0.2) is 13.2 Å². The van der Waals surface area contributed by atoms with Gasteiger partial charge in [-0.3, -0.25) is 9.29 Å². The molecule has 0 aliphatic carbocycles. The molecule has 3 N–H and O–H groups in total. The van der Waals surface area contributed by atoms with Crippen molar-refractivity contribution in [2.45, 2.75) is 45.6 Å². The molecule has 0 saturated heterocycles. The van der Waals surface area contributed by atoms with Crippen molar-refractivity contribution in [3.63, 3.8) is 0 Å². The predicted octanol–water partition coefficient (Wildman–Crippen LogP) is 1.85. The molecule has 0 spiro atoms. The van der Waals surface area contributed by atoms with E-state index in [0.717, 1.165) is 11.8 Å². The topological polar surface area (TPSA) is 152 Å². The van der Waals surface area contributed by atoms with Gasteiger partial charge in [0.2, 0.25) is 21.9 Å². The highest BCUT2D eigenvalue weighted by atomic mass is 32.2. The van der Waals surface area contributed by atoms with Crippen molar-refractivity contribution in [3.8, 4) is 0 Å². The SMILES string of the molecule is CC(C)CC(CO)Nc1nc(CC(C)c2ccc3c(c2)oc(=O)n3C)nc(NS(C)(=O)=O)n1. The van der Waals surface area contributed by atoms with Crippen LogP contribution in [0.25, 0.3) is 11.1 Å². The zero-order valence-corrected chi connectivity index (χ0v) is 20.2. The molecule has 0 radical (unpaired) electrons. The fourth-order valence-corrected chi connectivity index (χ4v) is 3.99. The Labute approximate surface area is 192 Å². The molecule has 2 unspecified atom stereocenters. The van der Waals surface area contributed by atoms with E-state index in [1.165, 1.54) is 4.57 Å². The molecule has 3 aromatic rings. The van der Waals surface area contributed by atoms with E-state index in [9.17, 15) is 18.3 Å². The van der Waals surface area contributed by atoms with Crippen LogP contribution >= 0.6 is 0 Å². The minimum absolute atomic E-state index is 0.0643. The molecule has 0 bridgehead atoms. The monoisotopic (exact) mass is 478 g/mol. The summed E-state index contributed by atoms with van der Waals surface area (Å²) in [5.74, 6) is 0.301. The predicted molar refractivity (Wildman–Crippen MR) is 126 cm³/mol. The van der Waals surface area contributed by atoms with Gasteiger partial charge in [0.25, 0.3) is 0 Å². The van der Waals surface area contributed by atoms with E-state index in [0.29, 0.717) is 35.7 Å². The third kappa shape index (κ3) is 6.51. The van der Waals surface area contributed by atoms with Crippen molar-refractivity contribution in [2.24, 2.45) is 13.0 Å². The maximum atomic E-state index is 11.8. The zero-order valence-electron chi connectivity index (χ0n) is 19.4. The van der Waals surface area contributed by atoms with Crippen LogP contribution in [0.4, 0.5) is 11.9 Å². The van der Waals surface area contributed by atoms with Crippen molar-refractivity contribution in [2.75, 3.05) is 22.9 Å². The van der Waals surface area contributed by atoms with Crippen LogP contribution < -0.4 is 15.8 Å². The number of anilines is 2. The number of aliphatic hydroxyl groups excluding tert-OH is 1. The number of nitrogens with zero attached hydrogens (tertiary/aromatic N) is 4. The Hall–Kier alpha value is -2.99. The number of hydrogen-bond acceptors (Lipinski definition) is 9. The highest BCUT2D eigenvalue weighted by Crippen LogP contribution is 2.24. The van der Waals surface area contributed by atoms with Crippen molar-refractivity contribution in [1.82, 2.24) is 19.5 Å². The normalized spacial score (nSPS) is 13.9. The first-order valence-corrected chi connectivity index (χ1v) is 12.5. The van der Waals surface area contributed by atoms with Crippen LogP contribution in [0.15, 0.2) is 27.4 Å². The van der Waals surface area contributed by atoms with Gasteiger partial charge in [0, 0.05) is 13.5 Å². The van der Waals surface area contributed by atoms with Crippen molar-refractivity contribution >= 4 is 33.0 Å². The summed E-state index contributed by atoms with van der Waals surface area (Å²) in [7, 11) is -1.95. The average Bonchev–Trinajstić information content (AvgIpc) is 2.98. The second-order valence-electron chi connectivity index (χ2n) is 8.69. The zero-order chi connectivity index (χ0) is 24.3. The van der Waals surface area contributed by atoms with Crippen molar-refractivity contribution in [3.05, 3.63) is 40.1 Å². The van der Waals surface area contributed by atoms with E-state index in [4.69, 9.17) is 4.42 Å². The molecule has 2 aromatic heterocycles. The van der Waals surface area contributed by atoms with Crippen LogP contribution in [0.1, 0.15) is 44.5 Å². The molecular formula is C21H30N6O5S. The molecule has 12 heteroatoms. The lowest BCUT2D eigenvalue weighted by molar-refractivity contribution is 0.259. The summed E-state index contributed by atoms with van der Waals surface area (Å²) in [6.07, 6.45) is 2.08. The highest BCUT2D eigenvalue weighted by molar-refractivity contribution is 7.91. The molecule has 0 amide bonds. The first-order valence-electron chi connectivity index (χ1n) is 10.6. The Kier molecular flexibility index (Phi) is 7.38. The number of aliphatic hydroxyl groups is 1. The van der Waals surface area contributed by atoms with Gasteiger partial charge >= 0.3 is 5.76 Å². The molecule has 33 heavy (non-hydrogen) atoms. The lowest BCUT2D eigenvalue weighted by atomic mass is 9.97. The van der Waals surface area contributed by atoms with Gasteiger partial charge in [0.15, 0.2) is 5.58 Å². The number of benzene rings is 1. The Morgan fingerprint density at radius 1 is 1.15 bits per heavy atom. The molecule has 2 atom stereocenters. The standard InChI is InChI=1S/C21H30N6O5S/c1-12(2)8-15(11-28)22-19-23-18(24-20(25-19)26-33(5,30)31)9-13(3)14-6-7-16-17(10-14)32-21(29)27(16)4/h6-7,10,12-13,15,28H,8-9,11H2,1-5H3,(H2,22,23,24,25,26). The Balaban J connectivity index is 1.89. The first kappa shape index (κ1) is 24.6. The minimum Gasteiger partial charge on any atom is -0.408 e. The molecule has 0 saturated carbocycles. The molecule has 3 rings (SSSR count). The van der Waals surface area contributed by atoms with Gasteiger partial charge in [-0.1, -0.05) is 26.8 Å². The third-order valence-electron chi connectivity index (χ3n) is 5.14. The molecule has 1 aromatic carbocycles. The molecule has 0 fully saturated rings. The summed E-state index contributed by atoms with van der Waals surface area (Å²) in [6.45, 7) is 5.92. The highest BCUT2D eigenvalue weighted by Gasteiger charge is 2.18. The number of hydrogen-bond donors (Lipinski definition) is 3. The number of oxazole rings is 1. The van der Waals surface area contributed by atoms with Crippen molar-refractivity contribution < 1.29 is 17.9 Å². The number of aryl methyl sites for hydroxylation is 1. The third-order valence-corrected chi connectivity index (χ3v) is 5.70. The number of aromatic nitrogens is 4. The first-order chi connectivity index (χ1) is 15.4. The van der Waals surface area contributed by atoms with Crippen LogP contribution in [-0.2, 0) is 23.5 Å². The Bertz CT molecular complexity index is 1280. The van der Waals surface area contributed by atoms with Crippen LogP contribution in [-0.4, -0.2) is 51.9 Å². The summed E-state index contributed by atoms with van der Waals surface area (Å²) in [6, 6.07) is 5.25. The Morgan fingerprint density at radius 3 is 2.48 bits per heavy atom. The number of sulfonamides is 1. The molecule has 180 valence electrons. The fourth-order valence-electron chi connectivity index (χ4n) is 3.57. The molecule has 2 heterocycles. The lowest BCUT2D eigenvalue weighted by Gasteiger charge is -2.19. The van der Waals surface area contributed by atoms with E-state index in [1.807, 2.05) is 39.0 Å². The van der Waals surface area contributed by atoms with Gasteiger partial charge in [0.05, 0.1) is 24.4 Å². The van der Waals surface area contributed by atoms with E-state index in [-0.39, 0.29) is 30.5 Å². The smallest absolute Gasteiger partial charge is 0.408 e. The van der Waals surface area contributed by atoms with E-state index in [2.05, 4.69) is 25.0 Å². The summed E-state index contributed by atoms with van der Waals surface area (Å²) < 4.78 is 32.5. The maximum absolute atomic E-state index is 11.8. The summed E-state index contributed by atoms with van der Waals surface area (Å²) in [4.78, 5) is 24.6. The number of fused-ring (bicyclic) bond motifs is 1. The maximum Gasteiger partial charge on any atom is 0.419 e. The largest absolute Gasteiger partial charge is 0.419 e. The summed E-state index contributed by atoms with van der Waals surface area (Å²) >= 11 is 0. The summed E-state index contributed by atoms with van der Waals surface area (Å²) in [5.41, 5.74) is 2.10. The number of nitrogens with one attached hydrogen (secondary N) is 2. The van der Waals surface area contributed by atoms with Gasteiger partial charge in [-0.15, -0.1) is 0 Å². The lowest BCUT2D eigenvalue weighted by Crippen LogP contribution is -2.27. The van der Waals surface area contributed by atoms with Gasteiger partial charge < -0.3 is 14.8 Å². The molecule has 11 nitrogen and oxygen atoms in total. The average molecular weight is 479 g/mol. The van der Waals surface area contributed by atoms with Crippen LogP contribution in [0.2, 0.25) is 0 Å². The van der Waals surface area contributed by atoms with E-state index < -0.39 is 15.8 Å². The second kappa shape index (κ2) is 9.87. The second-order valence-corrected chi connectivity index (χ2v) is 10.4. The minimum atomic E-state index is -3.59. The van der Waals surface area contributed by atoms with Gasteiger partial charge in [-0.05, 0) is 36.0 Å². The van der Waals surface area contributed by atoms with Crippen LogP contribution in [0.3, 0.4) is 0 Å². The van der Waals surface area contributed by atoms with Crippen LogP contribution in [0, 0.1) is 5.92 Å². The molecular weight excluding hydrogens is 448 g/mol. The Morgan fingerprint density at radius 2 is 1.85 bits per heavy atom. The number of rotatable bonds is 10. The summed E-state index contributed by atoms with van der Waals surface area (Å²) in [5, 5.41) is 12.8. The quantitative estimate of drug-likeness (QED) is 0.396. The van der Waals surface area contributed by atoms with Gasteiger partial charge in [-0.2, -0.15) is 15.0 Å². The van der Waals surface area contributed by atoms with E-state index in [1.54, 1.807) is 7.05 Å². The molecule has 0 aliphatic heterocycles. The van der Waals surface area contributed by atoms with Gasteiger partial charge in [0.1, 0.15) is 5.82 Å². The van der Waals surface area contributed by atoms with Crippen molar-refractivity contribution in [1.29, 1.82) is 0 Å². The fraction of sp³-hybridized carbons (Fsp3) is 0.524.